The van der Waals surface area contributed by atoms with E-state index < -0.39 is 0 Å². The highest BCUT2D eigenvalue weighted by Crippen LogP contribution is 2.45. The normalized spacial score (nSPS) is 17.9. The van der Waals surface area contributed by atoms with Crippen molar-refractivity contribution in [3.05, 3.63) is 27.2 Å². The summed E-state index contributed by atoms with van der Waals surface area (Å²) < 4.78 is 16.6. The molecule has 1 N–H and O–H groups in total. The van der Waals surface area contributed by atoms with Gasteiger partial charge in [0.25, 0.3) is 0 Å². The third-order valence-electron chi connectivity index (χ3n) is 3.24. The van der Waals surface area contributed by atoms with E-state index in [1.165, 1.54) is 6.07 Å². The van der Waals surface area contributed by atoms with E-state index in [-0.39, 0.29) is 11.4 Å². The van der Waals surface area contributed by atoms with E-state index in [0.717, 1.165) is 23.9 Å². The van der Waals surface area contributed by atoms with Gasteiger partial charge in [0, 0.05) is 11.6 Å². The van der Waals surface area contributed by atoms with Crippen LogP contribution in [0.15, 0.2) is 16.6 Å². The number of nitrogens with zero attached hydrogens (tertiary/aromatic N) is 1. The molecule has 2 aromatic rings. The van der Waals surface area contributed by atoms with E-state index in [0.29, 0.717) is 9.24 Å². The second-order valence-corrected chi connectivity index (χ2v) is 5.79. The predicted octanol–water partition coefficient (Wildman–Crippen LogP) is 4.11. The maximum atomic E-state index is 13.4. The smallest absolute Gasteiger partial charge is 0.178 e. The Bertz CT molecular complexity index is 639. The zero-order valence-corrected chi connectivity index (χ0v) is 11.1. The maximum absolute atomic E-state index is 13.4. The summed E-state index contributed by atoms with van der Waals surface area (Å²) in [5.74, 6) is -0.267. The number of nitrogens with one attached hydrogen (secondary N) is 1. The molecule has 0 unspecified atom stereocenters. The summed E-state index contributed by atoms with van der Waals surface area (Å²) in [4.78, 5) is 3.06. The largest absolute Gasteiger partial charge is 0.330 e. The first-order valence-corrected chi connectivity index (χ1v) is 6.32. The summed E-state index contributed by atoms with van der Waals surface area (Å²) in [5, 5.41) is 0. The molecule has 1 heterocycles. The highest BCUT2D eigenvalue weighted by atomic mass is 79.9. The standard InChI is InChI=1S/C11H10BrFN2S/c1-11(2-3-11)15-9-4-6(12)7(13)5-8(9)14-10(15)16/h4-5H,2-3H2,1H3,(H,14,16). The van der Waals surface area contributed by atoms with Gasteiger partial charge in [0.15, 0.2) is 4.77 Å². The summed E-state index contributed by atoms with van der Waals surface area (Å²) >= 11 is 8.51. The summed E-state index contributed by atoms with van der Waals surface area (Å²) in [6.07, 6.45) is 2.26. The van der Waals surface area contributed by atoms with Crippen LogP contribution >= 0.6 is 28.1 Å². The molecule has 3 rings (SSSR count). The van der Waals surface area contributed by atoms with Crippen molar-refractivity contribution in [3.8, 4) is 0 Å². The Balaban J connectivity index is 2.40. The number of H-pyrrole nitrogens is 1. The molecule has 84 valence electrons. The second-order valence-electron chi connectivity index (χ2n) is 4.55. The molecule has 1 aliphatic rings. The Hall–Kier alpha value is -0.680. The number of rotatable bonds is 1. The van der Waals surface area contributed by atoms with Gasteiger partial charge >= 0.3 is 0 Å². The molecule has 2 nitrogen and oxygen atoms in total. The molecule has 0 atom stereocenters. The van der Waals surface area contributed by atoms with E-state index in [9.17, 15) is 4.39 Å². The van der Waals surface area contributed by atoms with Crippen LogP contribution in [0.4, 0.5) is 4.39 Å². The fourth-order valence-electron chi connectivity index (χ4n) is 2.04. The minimum atomic E-state index is -0.267. The molecule has 0 spiro atoms. The van der Waals surface area contributed by atoms with Crippen LogP contribution in [0.25, 0.3) is 11.0 Å². The lowest BCUT2D eigenvalue weighted by Gasteiger charge is -2.12. The van der Waals surface area contributed by atoms with Gasteiger partial charge in [0.1, 0.15) is 5.82 Å². The van der Waals surface area contributed by atoms with Gasteiger partial charge in [-0.2, -0.15) is 0 Å². The van der Waals surface area contributed by atoms with Gasteiger partial charge in [-0.15, -0.1) is 0 Å². The summed E-state index contributed by atoms with van der Waals surface area (Å²) in [6.45, 7) is 2.17. The Kier molecular flexibility index (Phi) is 2.07. The van der Waals surface area contributed by atoms with Gasteiger partial charge in [0.05, 0.1) is 15.5 Å². The van der Waals surface area contributed by atoms with Crippen LogP contribution < -0.4 is 0 Å². The molecule has 0 amide bonds. The van der Waals surface area contributed by atoms with Crippen molar-refractivity contribution in [2.24, 2.45) is 0 Å². The predicted molar refractivity (Wildman–Crippen MR) is 67.7 cm³/mol. The first-order valence-electron chi connectivity index (χ1n) is 5.11. The quantitative estimate of drug-likeness (QED) is 0.786. The van der Waals surface area contributed by atoms with Crippen LogP contribution in [0.3, 0.4) is 0 Å². The van der Waals surface area contributed by atoms with E-state index >= 15 is 0 Å². The molecule has 1 aliphatic carbocycles. The fourth-order valence-corrected chi connectivity index (χ4v) is 2.80. The van der Waals surface area contributed by atoms with E-state index in [4.69, 9.17) is 12.2 Å². The number of aromatic nitrogens is 2. The molecule has 1 fully saturated rings. The van der Waals surface area contributed by atoms with E-state index in [1.54, 1.807) is 6.07 Å². The molecule has 1 aromatic heterocycles. The Morgan fingerprint density at radius 2 is 2.19 bits per heavy atom. The van der Waals surface area contributed by atoms with Crippen molar-refractivity contribution < 1.29 is 4.39 Å². The van der Waals surface area contributed by atoms with Crippen molar-refractivity contribution in [1.29, 1.82) is 0 Å². The Morgan fingerprint density at radius 3 is 2.81 bits per heavy atom. The monoisotopic (exact) mass is 300 g/mol. The van der Waals surface area contributed by atoms with Crippen LogP contribution in [-0.2, 0) is 5.54 Å². The summed E-state index contributed by atoms with van der Waals surface area (Å²) in [5.41, 5.74) is 1.85. The highest BCUT2D eigenvalue weighted by molar-refractivity contribution is 9.10. The Labute approximate surface area is 106 Å². The van der Waals surface area contributed by atoms with Gasteiger partial charge in [-0.05, 0) is 54.0 Å². The lowest BCUT2D eigenvalue weighted by atomic mass is 10.2. The molecule has 0 aliphatic heterocycles. The fraction of sp³-hybridized carbons (Fsp3) is 0.364. The molecular weight excluding hydrogens is 291 g/mol. The van der Waals surface area contributed by atoms with Crippen LogP contribution in [0, 0.1) is 10.6 Å². The number of fused-ring (bicyclic) bond motifs is 1. The molecule has 0 radical (unpaired) electrons. The second kappa shape index (κ2) is 3.17. The van der Waals surface area contributed by atoms with Crippen LogP contribution in [-0.4, -0.2) is 9.55 Å². The lowest BCUT2D eigenvalue weighted by Crippen LogP contribution is -2.11. The zero-order chi connectivity index (χ0) is 11.5. The molecule has 16 heavy (non-hydrogen) atoms. The number of halogens is 2. The highest BCUT2D eigenvalue weighted by Gasteiger charge is 2.40. The molecule has 0 bridgehead atoms. The Morgan fingerprint density at radius 1 is 1.50 bits per heavy atom. The first-order chi connectivity index (χ1) is 7.51. The van der Waals surface area contributed by atoms with Crippen LogP contribution in [0.2, 0.25) is 0 Å². The number of benzene rings is 1. The SMILES string of the molecule is CC1(n2c(=S)[nH]c3cc(F)c(Br)cc32)CC1. The van der Waals surface area contributed by atoms with Crippen molar-refractivity contribution in [1.82, 2.24) is 9.55 Å². The van der Waals surface area contributed by atoms with Crippen molar-refractivity contribution in [2.45, 2.75) is 25.3 Å². The van der Waals surface area contributed by atoms with Crippen LogP contribution in [0.5, 0.6) is 0 Å². The van der Waals surface area contributed by atoms with E-state index in [1.807, 2.05) is 0 Å². The minimum Gasteiger partial charge on any atom is -0.330 e. The molecular formula is C11H10BrFN2S. The van der Waals surface area contributed by atoms with Gasteiger partial charge in [-0.3, -0.25) is 0 Å². The summed E-state index contributed by atoms with van der Waals surface area (Å²) in [6, 6.07) is 3.28. The minimum absolute atomic E-state index is 0.118. The molecule has 5 heteroatoms. The zero-order valence-electron chi connectivity index (χ0n) is 8.68. The van der Waals surface area contributed by atoms with Gasteiger partial charge in [-0.1, -0.05) is 0 Å². The molecule has 0 saturated heterocycles. The molecule has 1 saturated carbocycles. The van der Waals surface area contributed by atoms with Crippen molar-refractivity contribution in [2.75, 3.05) is 0 Å². The number of hydrogen-bond acceptors (Lipinski definition) is 1. The summed E-state index contributed by atoms with van der Waals surface area (Å²) in [7, 11) is 0. The average Bonchev–Trinajstić information content (AvgIpc) is 2.84. The van der Waals surface area contributed by atoms with Crippen LogP contribution in [0.1, 0.15) is 19.8 Å². The number of imidazole rings is 1. The number of aromatic amines is 1. The third-order valence-corrected chi connectivity index (χ3v) is 4.13. The van der Waals surface area contributed by atoms with Crippen molar-refractivity contribution in [3.63, 3.8) is 0 Å². The lowest BCUT2D eigenvalue weighted by molar-refractivity contribution is 0.541. The average molecular weight is 301 g/mol. The van der Waals surface area contributed by atoms with Gasteiger partial charge < -0.3 is 9.55 Å². The maximum Gasteiger partial charge on any atom is 0.178 e. The van der Waals surface area contributed by atoms with Gasteiger partial charge in [-0.25, -0.2) is 4.39 Å². The first kappa shape index (κ1) is 10.5. The topological polar surface area (TPSA) is 20.7 Å². The third kappa shape index (κ3) is 1.38. The number of hydrogen-bond donors (Lipinski definition) is 1. The van der Waals surface area contributed by atoms with Crippen molar-refractivity contribution >= 4 is 39.2 Å². The molecule has 1 aromatic carbocycles. The van der Waals surface area contributed by atoms with E-state index in [2.05, 4.69) is 32.4 Å². The van der Waals surface area contributed by atoms with Gasteiger partial charge in [0.2, 0.25) is 0 Å².